The molecule has 0 aliphatic rings. The molecule has 0 aromatic rings. The van der Waals surface area contributed by atoms with Crippen LogP contribution in [-0.4, -0.2) is 18.5 Å². The third kappa shape index (κ3) is 4.12. The summed E-state index contributed by atoms with van der Waals surface area (Å²) < 4.78 is 8.49. The van der Waals surface area contributed by atoms with Crippen LogP contribution in [0.1, 0.15) is 6.92 Å². The SMILES string of the molecule is C=CCOC(=O)C(=O)OC#CC. The van der Waals surface area contributed by atoms with Crippen molar-refractivity contribution in [2.75, 3.05) is 6.61 Å². The molecule has 64 valence electrons. The lowest BCUT2D eigenvalue weighted by atomic mass is 10.6. The van der Waals surface area contributed by atoms with Gasteiger partial charge in [0.15, 0.2) is 0 Å². The summed E-state index contributed by atoms with van der Waals surface area (Å²) in [6.45, 7) is 4.75. The number of carbonyl (C=O) groups excluding carboxylic acids is 2. The molecule has 0 saturated carbocycles. The number of ether oxygens (including phenoxy) is 2. The average molecular weight is 168 g/mol. The van der Waals surface area contributed by atoms with Crippen LogP contribution in [0.25, 0.3) is 0 Å². The van der Waals surface area contributed by atoms with Gasteiger partial charge in [0.05, 0.1) is 0 Å². The molecule has 0 aromatic heterocycles. The summed E-state index contributed by atoms with van der Waals surface area (Å²) in [6.07, 6.45) is 3.32. The zero-order valence-corrected chi connectivity index (χ0v) is 6.62. The van der Waals surface area contributed by atoms with E-state index in [1.165, 1.54) is 13.0 Å². The Morgan fingerprint density at radius 1 is 1.50 bits per heavy atom. The molecule has 0 heterocycles. The number of hydrogen-bond donors (Lipinski definition) is 0. The van der Waals surface area contributed by atoms with Crippen LogP contribution in [0.3, 0.4) is 0 Å². The molecule has 0 rings (SSSR count). The monoisotopic (exact) mass is 168 g/mol. The Kier molecular flexibility index (Phi) is 5.11. The summed E-state index contributed by atoms with van der Waals surface area (Å²) >= 11 is 0. The lowest BCUT2D eigenvalue weighted by molar-refractivity contribution is -0.162. The third-order valence-electron chi connectivity index (χ3n) is 0.745. The van der Waals surface area contributed by atoms with Crippen LogP contribution < -0.4 is 0 Å². The highest BCUT2D eigenvalue weighted by Crippen LogP contribution is 1.83. The smallest absolute Gasteiger partial charge is 0.431 e. The van der Waals surface area contributed by atoms with Crippen LogP contribution >= 0.6 is 0 Å². The standard InChI is InChI=1S/C8H8O4/c1-3-5-11-7(9)8(10)12-6-4-2/h3H,1,5H2,2H3. The highest BCUT2D eigenvalue weighted by Gasteiger charge is 2.15. The molecule has 0 spiro atoms. The van der Waals surface area contributed by atoms with Gasteiger partial charge in [-0.25, -0.2) is 9.59 Å². The molecule has 0 saturated heterocycles. The van der Waals surface area contributed by atoms with Gasteiger partial charge in [-0.3, -0.25) is 0 Å². The number of rotatable bonds is 2. The summed E-state index contributed by atoms with van der Waals surface area (Å²) in [4.78, 5) is 21.2. The maximum atomic E-state index is 10.6. The molecule has 0 unspecified atom stereocenters. The molecule has 0 amide bonds. The van der Waals surface area contributed by atoms with Gasteiger partial charge >= 0.3 is 11.9 Å². The number of hydrogen-bond acceptors (Lipinski definition) is 4. The van der Waals surface area contributed by atoms with Gasteiger partial charge in [-0.05, 0) is 0 Å². The second-order valence-corrected chi connectivity index (χ2v) is 1.63. The van der Waals surface area contributed by atoms with Gasteiger partial charge in [-0.2, -0.15) is 0 Å². The zero-order valence-electron chi connectivity index (χ0n) is 6.62. The van der Waals surface area contributed by atoms with E-state index in [2.05, 4.69) is 22.0 Å². The van der Waals surface area contributed by atoms with Crippen LogP contribution in [0.15, 0.2) is 12.7 Å². The summed E-state index contributed by atoms with van der Waals surface area (Å²) in [5.74, 6) is 0.0977. The summed E-state index contributed by atoms with van der Waals surface area (Å²) in [5, 5.41) is 0. The first-order chi connectivity index (χ1) is 5.72. The van der Waals surface area contributed by atoms with Crippen molar-refractivity contribution in [1.29, 1.82) is 0 Å². The molecule has 0 bridgehead atoms. The van der Waals surface area contributed by atoms with Gasteiger partial charge in [0.1, 0.15) is 12.7 Å². The van der Waals surface area contributed by atoms with Crippen molar-refractivity contribution in [3.63, 3.8) is 0 Å². The lowest BCUT2D eigenvalue weighted by Crippen LogP contribution is -2.18. The van der Waals surface area contributed by atoms with E-state index < -0.39 is 11.9 Å². The molecule has 12 heavy (non-hydrogen) atoms. The molecule has 0 aliphatic heterocycles. The topological polar surface area (TPSA) is 52.6 Å². The van der Waals surface area contributed by atoms with Crippen molar-refractivity contribution < 1.29 is 19.1 Å². The number of esters is 2. The van der Waals surface area contributed by atoms with Crippen LogP contribution in [0.2, 0.25) is 0 Å². The fraction of sp³-hybridized carbons (Fsp3) is 0.250. The van der Waals surface area contributed by atoms with Gasteiger partial charge < -0.3 is 9.47 Å². The molecule has 0 aromatic carbocycles. The zero-order chi connectivity index (χ0) is 9.40. The van der Waals surface area contributed by atoms with Gasteiger partial charge in [0.2, 0.25) is 0 Å². The molecule has 0 fully saturated rings. The van der Waals surface area contributed by atoms with Gasteiger partial charge in [0, 0.05) is 6.92 Å². The minimum absolute atomic E-state index is 0.0204. The Bertz CT molecular complexity index is 244. The first-order valence-electron chi connectivity index (χ1n) is 3.13. The van der Waals surface area contributed by atoms with E-state index in [0.29, 0.717) is 0 Å². The Labute approximate surface area is 70.2 Å². The molecule has 0 radical (unpaired) electrons. The van der Waals surface area contributed by atoms with Gasteiger partial charge in [0.25, 0.3) is 0 Å². The molecule has 0 atom stereocenters. The molecule has 4 heteroatoms. The largest absolute Gasteiger partial charge is 0.453 e. The summed E-state index contributed by atoms with van der Waals surface area (Å²) in [5.41, 5.74) is 0. The quantitative estimate of drug-likeness (QED) is 0.256. The Morgan fingerprint density at radius 2 is 2.17 bits per heavy atom. The van der Waals surface area contributed by atoms with Crippen molar-refractivity contribution in [2.24, 2.45) is 0 Å². The first kappa shape index (κ1) is 10.2. The fourth-order valence-electron chi connectivity index (χ4n) is 0.333. The average Bonchev–Trinajstić information content (AvgIpc) is 2.10. The predicted octanol–water partition coefficient (Wildman–Crippen LogP) is 0.240. The number of carbonyl (C=O) groups is 2. The molecular formula is C8H8O4. The van der Waals surface area contributed by atoms with Crippen LogP contribution in [0.4, 0.5) is 0 Å². The maximum absolute atomic E-state index is 10.6. The highest BCUT2D eigenvalue weighted by molar-refractivity contribution is 6.29. The first-order valence-corrected chi connectivity index (χ1v) is 3.13. The van der Waals surface area contributed by atoms with Crippen LogP contribution in [-0.2, 0) is 19.1 Å². The second-order valence-electron chi connectivity index (χ2n) is 1.63. The van der Waals surface area contributed by atoms with E-state index in [9.17, 15) is 9.59 Å². The van der Waals surface area contributed by atoms with E-state index in [1.807, 2.05) is 6.11 Å². The van der Waals surface area contributed by atoms with Gasteiger partial charge in [-0.15, -0.1) is 0 Å². The lowest BCUT2D eigenvalue weighted by Gasteiger charge is -1.96. The molecule has 4 nitrogen and oxygen atoms in total. The second kappa shape index (κ2) is 5.98. The highest BCUT2D eigenvalue weighted by atomic mass is 16.6. The van der Waals surface area contributed by atoms with Crippen molar-refractivity contribution in [3.05, 3.63) is 12.7 Å². The predicted molar refractivity (Wildman–Crippen MR) is 40.7 cm³/mol. The minimum atomic E-state index is -1.12. The van der Waals surface area contributed by atoms with Crippen molar-refractivity contribution in [3.8, 4) is 12.0 Å². The third-order valence-corrected chi connectivity index (χ3v) is 0.745. The van der Waals surface area contributed by atoms with E-state index >= 15 is 0 Å². The van der Waals surface area contributed by atoms with E-state index in [0.717, 1.165) is 0 Å². The molecule has 0 aliphatic carbocycles. The summed E-state index contributed by atoms with van der Waals surface area (Å²) in [6, 6.07) is 0. The van der Waals surface area contributed by atoms with Crippen LogP contribution in [0, 0.1) is 12.0 Å². The summed E-state index contributed by atoms with van der Waals surface area (Å²) in [7, 11) is 0. The van der Waals surface area contributed by atoms with Crippen LogP contribution in [0.5, 0.6) is 0 Å². The maximum Gasteiger partial charge on any atom is 0.431 e. The van der Waals surface area contributed by atoms with Crippen molar-refractivity contribution in [2.45, 2.75) is 6.92 Å². The Hall–Kier alpha value is -1.76. The van der Waals surface area contributed by atoms with E-state index in [1.54, 1.807) is 0 Å². The molecular weight excluding hydrogens is 160 g/mol. The van der Waals surface area contributed by atoms with Gasteiger partial charge in [-0.1, -0.05) is 18.6 Å². The fourth-order valence-corrected chi connectivity index (χ4v) is 0.333. The van der Waals surface area contributed by atoms with E-state index in [4.69, 9.17) is 0 Å². The minimum Gasteiger partial charge on any atom is -0.453 e. The van der Waals surface area contributed by atoms with Crippen molar-refractivity contribution in [1.82, 2.24) is 0 Å². The Morgan fingerprint density at radius 3 is 2.67 bits per heavy atom. The Balaban J connectivity index is 3.82. The van der Waals surface area contributed by atoms with Crippen molar-refractivity contribution >= 4 is 11.9 Å². The van der Waals surface area contributed by atoms with E-state index in [-0.39, 0.29) is 6.61 Å². The normalized spacial score (nSPS) is 7.42. The molecule has 0 N–H and O–H groups in total.